The van der Waals surface area contributed by atoms with E-state index in [0.29, 0.717) is 6.20 Å². The van der Waals surface area contributed by atoms with E-state index in [-0.39, 0.29) is 23.9 Å². The topological polar surface area (TPSA) is 79.3 Å². The molecule has 0 unspecified atom stereocenters. The number of benzene rings is 1. The molecule has 0 aliphatic heterocycles. The minimum absolute atomic E-state index is 0.0509. The molecule has 2 aromatic rings. The van der Waals surface area contributed by atoms with E-state index in [1.807, 2.05) is 0 Å². The van der Waals surface area contributed by atoms with Gasteiger partial charge in [-0.1, -0.05) is 0 Å². The third-order valence-corrected chi connectivity index (χ3v) is 2.95. The second-order valence-electron chi connectivity index (χ2n) is 4.61. The van der Waals surface area contributed by atoms with Crippen molar-refractivity contribution >= 4 is 17.5 Å². The highest BCUT2D eigenvalue weighted by molar-refractivity contribution is 5.65. The molecule has 2 rings (SSSR count). The van der Waals surface area contributed by atoms with Gasteiger partial charge in [-0.05, 0) is 6.92 Å². The lowest BCUT2D eigenvalue weighted by Gasteiger charge is -2.15. The van der Waals surface area contributed by atoms with Crippen molar-refractivity contribution in [3.63, 3.8) is 0 Å². The number of ether oxygens (including phenoxy) is 1. The fourth-order valence-electron chi connectivity index (χ4n) is 1.88. The van der Waals surface area contributed by atoms with Crippen LogP contribution in [-0.4, -0.2) is 28.7 Å². The molecule has 0 amide bonds. The molecule has 0 saturated carbocycles. The van der Waals surface area contributed by atoms with E-state index in [1.165, 1.54) is 7.11 Å². The van der Waals surface area contributed by atoms with E-state index in [0.717, 1.165) is 12.1 Å². The third-order valence-electron chi connectivity index (χ3n) is 2.95. The number of alkyl halides is 3. The van der Waals surface area contributed by atoms with Crippen molar-refractivity contribution in [2.75, 3.05) is 24.3 Å². The van der Waals surface area contributed by atoms with E-state index in [2.05, 4.69) is 20.6 Å². The molecule has 0 radical (unpaired) electrons. The van der Waals surface area contributed by atoms with E-state index in [1.54, 1.807) is 6.92 Å². The summed E-state index contributed by atoms with van der Waals surface area (Å²) in [6, 6.07) is 1.94. The molecule has 0 aliphatic carbocycles. The highest BCUT2D eigenvalue weighted by Crippen LogP contribution is 2.35. The molecule has 0 fully saturated rings. The summed E-state index contributed by atoms with van der Waals surface area (Å²) in [5.41, 5.74) is -0.964. The van der Waals surface area contributed by atoms with Crippen LogP contribution in [0.1, 0.15) is 12.5 Å². The Morgan fingerprint density at radius 2 is 2.00 bits per heavy atom. The van der Waals surface area contributed by atoms with Gasteiger partial charge in [-0.15, -0.1) is 0 Å². The van der Waals surface area contributed by atoms with Crippen LogP contribution in [0.4, 0.5) is 35.0 Å². The lowest BCUT2D eigenvalue weighted by molar-refractivity contribution is -0.137. The summed E-state index contributed by atoms with van der Waals surface area (Å²) in [6.07, 6.45) is -3.99. The normalized spacial score (nSPS) is 11.2. The zero-order valence-electron chi connectivity index (χ0n) is 12.7. The maximum absolute atomic E-state index is 13.5. The number of hydrogen-bond donors (Lipinski definition) is 3. The second kappa shape index (κ2) is 6.77. The molecule has 130 valence electrons. The number of methoxy groups -OCH3 is 1. The van der Waals surface area contributed by atoms with Gasteiger partial charge in [-0.25, -0.2) is 9.37 Å². The standard InChI is InChI=1S/C14H14F4N4O2/c1-3-19-12-7(14(16,17)18)6-20-13(22-12)21-9-4-8(15)10(23)5-11(9)24-2/h4-6,23H,3H2,1-2H3,(H2,19,20,21,22). The molecule has 0 spiro atoms. The molecule has 1 aromatic heterocycles. The van der Waals surface area contributed by atoms with Crippen LogP contribution >= 0.6 is 0 Å². The van der Waals surface area contributed by atoms with Crippen LogP contribution in [0.2, 0.25) is 0 Å². The van der Waals surface area contributed by atoms with E-state index in [9.17, 15) is 22.7 Å². The van der Waals surface area contributed by atoms with Crippen molar-refractivity contribution in [3.05, 3.63) is 29.7 Å². The first-order valence-corrected chi connectivity index (χ1v) is 6.77. The molecular formula is C14H14F4N4O2. The second-order valence-corrected chi connectivity index (χ2v) is 4.61. The maximum Gasteiger partial charge on any atom is 0.421 e. The monoisotopic (exact) mass is 346 g/mol. The van der Waals surface area contributed by atoms with Crippen LogP contribution in [0.25, 0.3) is 0 Å². The fourth-order valence-corrected chi connectivity index (χ4v) is 1.88. The summed E-state index contributed by atoms with van der Waals surface area (Å²) in [7, 11) is 1.29. The molecule has 1 aromatic carbocycles. The van der Waals surface area contributed by atoms with Crippen LogP contribution in [0.15, 0.2) is 18.3 Å². The van der Waals surface area contributed by atoms with Gasteiger partial charge in [-0.3, -0.25) is 0 Å². The number of aromatic nitrogens is 2. The average Bonchev–Trinajstić information content (AvgIpc) is 2.50. The van der Waals surface area contributed by atoms with E-state index < -0.39 is 29.1 Å². The largest absolute Gasteiger partial charge is 0.505 e. The Morgan fingerprint density at radius 3 is 2.58 bits per heavy atom. The highest BCUT2D eigenvalue weighted by atomic mass is 19.4. The van der Waals surface area contributed by atoms with Gasteiger partial charge in [0, 0.05) is 24.9 Å². The Hall–Kier alpha value is -2.78. The summed E-state index contributed by atoms with van der Waals surface area (Å²) in [4.78, 5) is 7.35. The summed E-state index contributed by atoms with van der Waals surface area (Å²) in [5.74, 6) is -2.08. The first-order valence-electron chi connectivity index (χ1n) is 6.77. The molecule has 3 N–H and O–H groups in total. The molecule has 0 saturated heterocycles. The molecule has 24 heavy (non-hydrogen) atoms. The van der Waals surface area contributed by atoms with Gasteiger partial charge in [0.05, 0.1) is 12.8 Å². The molecule has 10 heteroatoms. The number of phenols is 1. The molecule has 0 bridgehead atoms. The van der Waals surface area contributed by atoms with Crippen LogP contribution in [-0.2, 0) is 6.18 Å². The number of halogens is 4. The number of phenolic OH excluding ortho intramolecular Hbond substituents is 1. The Balaban J connectivity index is 2.40. The first kappa shape index (κ1) is 17.6. The zero-order chi connectivity index (χ0) is 17.9. The number of rotatable bonds is 5. The lowest BCUT2D eigenvalue weighted by atomic mass is 10.2. The zero-order valence-corrected chi connectivity index (χ0v) is 12.7. The highest BCUT2D eigenvalue weighted by Gasteiger charge is 2.35. The van der Waals surface area contributed by atoms with Crippen molar-refractivity contribution in [2.45, 2.75) is 13.1 Å². The van der Waals surface area contributed by atoms with Crippen LogP contribution in [0.3, 0.4) is 0 Å². The number of nitrogens with one attached hydrogen (secondary N) is 2. The van der Waals surface area contributed by atoms with Gasteiger partial charge in [0.15, 0.2) is 11.6 Å². The molecule has 6 nitrogen and oxygen atoms in total. The third kappa shape index (κ3) is 3.76. The van der Waals surface area contributed by atoms with Crippen LogP contribution in [0, 0.1) is 5.82 Å². The predicted molar refractivity (Wildman–Crippen MR) is 79.1 cm³/mol. The van der Waals surface area contributed by atoms with E-state index in [4.69, 9.17) is 4.74 Å². The molecule has 0 aliphatic rings. The SMILES string of the molecule is CCNc1nc(Nc2cc(F)c(O)cc2OC)ncc1C(F)(F)F. The fraction of sp³-hybridized carbons (Fsp3) is 0.286. The van der Waals surface area contributed by atoms with Gasteiger partial charge >= 0.3 is 6.18 Å². The van der Waals surface area contributed by atoms with Gasteiger partial charge in [-0.2, -0.15) is 18.2 Å². The van der Waals surface area contributed by atoms with Crippen molar-refractivity contribution < 1.29 is 27.4 Å². The molecule has 0 atom stereocenters. The molecular weight excluding hydrogens is 332 g/mol. The molecule has 1 heterocycles. The van der Waals surface area contributed by atoms with Gasteiger partial charge in [0.2, 0.25) is 5.95 Å². The summed E-state index contributed by atoms with van der Waals surface area (Å²) in [6.45, 7) is 1.84. The van der Waals surface area contributed by atoms with Crippen molar-refractivity contribution in [1.29, 1.82) is 0 Å². The Bertz CT molecular complexity index is 737. The van der Waals surface area contributed by atoms with Gasteiger partial charge in [0.1, 0.15) is 17.1 Å². The summed E-state index contributed by atoms with van der Waals surface area (Å²) >= 11 is 0. The number of anilines is 3. The Morgan fingerprint density at radius 1 is 1.29 bits per heavy atom. The van der Waals surface area contributed by atoms with Gasteiger partial charge < -0.3 is 20.5 Å². The predicted octanol–water partition coefficient (Wildman–Crippen LogP) is 3.52. The Labute approximate surface area is 134 Å². The minimum Gasteiger partial charge on any atom is -0.505 e. The summed E-state index contributed by atoms with van der Waals surface area (Å²) < 4.78 is 57.2. The minimum atomic E-state index is -4.61. The number of aromatic hydroxyl groups is 1. The van der Waals surface area contributed by atoms with Crippen molar-refractivity contribution in [2.24, 2.45) is 0 Å². The van der Waals surface area contributed by atoms with Crippen molar-refractivity contribution in [3.8, 4) is 11.5 Å². The van der Waals surface area contributed by atoms with Crippen LogP contribution in [0.5, 0.6) is 11.5 Å². The Kier molecular flexibility index (Phi) is 4.96. The smallest absolute Gasteiger partial charge is 0.421 e. The van der Waals surface area contributed by atoms with E-state index >= 15 is 0 Å². The quantitative estimate of drug-likeness (QED) is 0.568. The van der Waals surface area contributed by atoms with Crippen molar-refractivity contribution in [1.82, 2.24) is 9.97 Å². The average molecular weight is 346 g/mol. The maximum atomic E-state index is 13.5. The lowest BCUT2D eigenvalue weighted by Crippen LogP contribution is -2.14. The number of nitrogens with zero attached hydrogens (tertiary/aromatic N) is 2. The number of hydrogen-bond acceptors (Lipinski definition) is 6. The first-order chi connectivity index (χ1) is 11.3. The van der Waals surface area contributed by atoms with Gasteiger partial charge in [0.25, 0.3) is 0 Å². The van der Waals surface area contributed by atoms with Crippen LogP contribution < -0.4 is 15.4 Å². The summed E-state index contributed by atoms with van der Waals surface area (Å²) in [5, 5.41) is 14.4.